The minimum atomic E-state index is -0.0205. The van der Waals surface area contributed by atoms with Gasteiger partial charge in [0.15, 0.2) is 17.3 Å². The molecule has 0 aromatic heterocycles. The highest BCUT2D eigenvalue weighted by Crippen LogP contribution is 2.28. The maximum atomic E-state index is 11.3. The van der Waals surface area contributed by atoms with Crippen LogP contribution in [0.5, 0.6) is 11.5 Å². The second-order valence-electron chi connectivity index (χ2n) is 4.54. The van der Waals surface area contributed by atoms with Crippen LogP contribution in [0.4, 0.5) is 0 Å². The topological polar surface area (TPSA) is 64.6 Å². The molecule has 5 heteroatoms. The van der Waals surface area contributed by atoms with Crippen LogP contribution >= 0.6 is 0 Å². The van der Waals surface area contributed by atoms with Crippen molar-refractivity contribution in [3.63, 3.8) is 0 Å². The SMILES string of the molecule is COc1cc(C(C)=O)ccc1OCC1CCC(=O)N1. The van der Waals surface area contributed by atoms with E-state index in [0.29, 0.717) is 30.1 Å². The number of hydrogen-bond acceptors (Lipinski definition) is 4. The zero-order valence-corrected chi connectivity index (χ0v) is 11.1. The normalized spacial score (nSPS) is 18.0. The molecule has 1 unspecified atom stereocenters. The monoisotopic (exact) mass is 263 g/mol. The number of Topliss-reactive ketones (excluding diaryl/α,β-unsaturated/α-hetero) is 1. The van der Waals surface area contributed by atoms with Gasteiger partial charge in [0.25, 0.3) is 0 Å². The van der Waals surface area contributed by atoms with Crippen LogP contribution in [-0.4, -0.2) is 31.4 Å². The highest BCUT2D eigenvalue weighted by Gasteiger charge is 2.21. The van der Waals surface area contributed by atoms with E-state index in [0.717, 1.165) is 6.42 Å². The van der Waals surface area contributed by atoms with Crippen LogP contribution in [0.15, 0.2) is 18.2 Å². The Labute approximate surface area is 111 Å². The summed E-state index contributed by atoms with van der Waals surface area (Å²) in [6, 6.07) is 5.12. The van der Waals surface area contributed by atoms with Gasteiger partial charge in [-0.05, 0) is 31.5 Å². The van der Waals surface area contributed by atoms with E-state index in [2.05, 4.69) is 5.32 Å². The lowest BCUT2D eigenvalue weighted by atomic mass is 10.1. The Morgan fingerprint density at radius 1 is 1.42 bits per heavy atom. The first-order valence-electron chi connectivity index (χ1n) is 6.21. The number of methoxy groups -OCH3 is 1. The second kappa shape index (κ2) is 5.73. The fourth-order valence-electron chi connectivity index (χ4n) is 2.00. The smallest absolute Gasteiger partial charge is 0.220 e. The summed E-state index contributed by atoms with van der Waals surface area (Å²) in [5.74, 6) is 1.14. The van der Waals surface area contributed by atoms with Crippen LogP contribution in [-0.2, 0) is 4.79 Å². The maximum absolute atomic E-state index is 11.3. The van der Waals surface area contributed by atoms with Gasteiger partial charge in [-0.15, -0.1) is 0 Å². The molecular formula is C14H17NO4. The zero-order valence-electron chi connectivity index (χ0n) is 11.1. The summed E-state index contributed by atoms with van der Waals surface area (Å²) in [6.45, 7) is 1.91. The lowest BCUT2D eigenvalue weighted by Crippen LogP contribution is -2.30. The lowest BCUT2D eigenvalue weighted by Gasteiger charge is -2.14. The summed E-state index contributed by atoms with van der Waals surface area (Å²) in [5, 5.41) is 2.83. The van der Waals surface area contributed by atoms with E-state index in [-0.39, 0.29) is 17.7 Å². The summed E-state index contributed by atoms with van der Waals surface area (Å²) in [4.78, 5) is 22.4. The van der Waals surface area contributed by atoms with Gasteiger partial charge >= 0.3 is 0 Å². The Kier molecular flexibility index (Phi) is 4.04. The Balaban J connectivity index is 2.03. The fraction of sp³-hybridized carbons (Fsp3) is 0.429. The van der Waals surface area contributed by atoms with E-state index in [1.54, 1.807) is 18.2 Å². The van der Waals surface area contributed by atoms with E-state index < -0.39 is 0 Å². The highest BCUT2D eigenvalue weighted by molar-refractivity contribution is 5.94. The number of amides is 1. The number of carbonyl (C=O) groups excluding carboxylic acids is 2. The maximum Gasteiger partial charge on any atom is 0.220 e. The molecule has 0 saturated carbocycles. The average molecular weight is 263 g/mol. The molecule has 1 aliphatic rings. The molecule has 5 nitrogen and oxygen atoms in total. The fourth-order valence-corrected chi connectivity index (χ4v) is 2.00. The van der Waals surface area contributed by atoms with E-state index in [9.17, 15) is 9.59 Å². The third-order valence-corrected chi connectivity index (χ3v) is 3.10. The predicted octanol–water partition coefficient (Wildman–Crippen LogP) is 1.56. The van der Waals surface area contributed by atoms with Crippen molar-refractivity contribution in [2.75, 3.05) is 13.7 Å². The molecule has 19 heavy (non-hydrogen) atoms. The van der Waals surface area contributed by atoms with Crippen LogP contribution in [0.25, 0.3) is 0 Å². The average Bonchev–Trinajstić information content (AvgIpc) is 2.81. The van der Waals surface area contributed by atoms with Crippen molar-refractivity contribution in [3.8, 4) is 11.5 Å². The molecule has 0 aliphatic carbocycles. The van der Waals surface area contributed by atoms with Gasteiger partial charge in [0.1, 0.15) is 6.61 Å². The van der Waals surface area contributed by atoms with Crippen molar-refractivity contribution in [1.82, 2.24) is 5.32 Å². The van der Waals surface area contributed by atoms with Crippen LogP contribution in [0.2, 0.25) is 0 Å². The van der Waals surface area contributed by atoms with E-state index >= 15 is 0 Å². The first-order chi connectivity index (χ1) is 9.10. The number of hydrogen-bond donors (Lipinski definition) is 1. The van der Waals surface area contributed by atoms with Gasteiger partial charge in [-0.3, -0.25) is 9.59 Å². The Morgan fingerprint density at radius 3 is 2.79 bits per heavy atom. The number of ketones is 1. The summed E-state index contributed by atoms with van der Waals surface area (Å²) in [6.07, 6.45) is 1.33. The van der Waals surface area contributed by atoms with Crippen LogP contribution in [0, 0.1) is 0 Å². The molecule has 1 saturated heterocycles. The Hall–Kier alpha value is -2.04. The second-order valence-corrected chi connectivity index (χ2v) is 4.54. The number of benzene rings is 1. The Morgan fingerprint density at radius 2 is 2.21 bits per heavy atom. The van der Waals surface area contributed by atoms with E-state index in [1.807, 2.05) is 0 Å². The largest absolute Gasteiger partial charge is 0.493 e. The van der Waals surface area contributed by atoms with Crippen molar-refractivity contribution in [2.24, 2.45) is 0 Å². The van der Waals surface area contributed by atoms with Crippen molar-refractivity contribution in [2.45, 2.75) is 25.8 Å². The number of nitrogens with one attached hydrogen (secondary N) is 1. The van der Waals surface area contributed by atoms with Gasteiger partial charge < -0.3 is 14.8 Å². The van der Waals surface area contributed by atoms with Crippen LogP contribution < -0.4 is 14.8 Å². The zero-order chi connectivity index (χ0) is 13.8. The van der Waals surface area contributed by atoms with Crippen LogP contribution in [0.3, 0.4) is 0 Å². The molecule has 1 aromatic rings. The molecule has 1 fully saturated rings. The molecule has 1 aromatic carbocycles. The van der Waals surface area contributed by atoms with Gasteiger partial charge in [-0.25, -0.2) is 0 Å². The predicted molar refractivity (Wildman–Crippen MR) is 69.7 cm³/mol. The van der Waals surface area contributed by atoms with Crippen molar-refractivity contribution < 1.29 is 19.1 Å². The molecule has 1 aliphatic heterocycles. The number of ether oxygens (including phenoxy) is 2. The van der Waals surface area contributed by atoms with E-state index in [1.165, 1.54) is 14.0 Å². The quantitative estimate of drug-likeness (QED) is 0.819. The molecule has 102 valence electrons. The van der Waals surface area contributed by atoms with Crippen molar-refractivity contribution >= 4 is 11.7 Å². The van der Waals surface area contributed by atoms with Crippen molar-refractivity contribution in [1.29, 1.82) is 0 Å². The molecule has 1 amide bonds. The van der Waals surface area contributed by atoms with Gasteiger partial charge in [-0.2, -0.15) is 0 Å². The van der Waals surface area contributed by atoms with Gasteiger partial charge in [0.05, 0.1) is 13.2 Å². The number of carbonyl (C=O) groups is 2. The molecule has 1 atom stereocenters. The standard InChI is InChI=1S/C14H17NO4/c1-9(16)10-3-5-12(13(7-10)18-2)19-8-11-4-6-14(17)15-11/h3,5,7,11H,4,6,8H2,1-2H3,(H,15,17). The van der Waals surface area contributed by atoms with E-state index in [4.69, 9.17) is 9.47 Å². The molecule has 0 spiro atoms. The molecule has 2 rings (SSSR count). The summed E-state index contributed by atoms with van der Waals surface area (Å²) >= 11 is 0. The third kappa shape index (κ3) is 3.24. The van der Waals surface area contributed by atoms with Crippen LogP contribution in [0.1, 0.15) is 30.1 Å². The summed E-state index contributed by atoms with van der Waals surface area (Å²) < 4.78 is 10.9. The van der Waals surface area contributed by atoms with Crippen molar-refractivity contribution in [3.05, 3.63) is 23.8 Å². The third-order valence-electron chi connectivity index (χ3n) is 3.10. The molecule has 1 heterocycles. The molecular weight excluding hydrogens is 246 g/mol. The molecule has 1 N–H and O–H groups in total. The van der Waals surface area contributed by atoms with Gasteiger partial charge in [0.2, 0.25) is 5.91 Å². The first kappa shape index (κ1) is 13.4. The Bertz CT molecular complexity index is 498. The minimum absolute atomic E-state index is 0.0205. The molecule has 0 radical (unpaired) electrons. The lowest BCUT2D eigenvalue weighted by molar-refractivity contribution is -0.119. The van der Waals surface area contributed by atoms with Gasteiger partial charge in [-0.1, -0.05) is 0 Å². The summed E-state index contributed by atoms with van der Waals surface area (Å²) in [5.41, 5.74) is 0.582. The minimum Gasteiger partial charge on any atom is -0.493 e. The summed E-state index contributed by atoms with van der Waals surface area (Å²) in [7, 11) is 1.53. The highest BCUT2D eigenvalue weighted by atomic mass is 16.5. The number of rotatable bonds is 5. The first-order valence-corrected chi connectivity index (χ1v) is 6.21. The van der Waals surface area contributed by atoms with Gasteiger partial charge in [0, 0.05) is 12.0 Å². The molecule has 0 bridgehead atoms.